The summed E-state index contributed by atoms with van der Waals surface area (Å²) in [7, 11) is 0. The second-order valence-corrected chi connectivity index (χ2v) is 6.38. The molecule has 0 saturated carbocycles. The maximum Gasteiger partial charge on any atom is 0.419 e. The number of benzene rings is 1. The standard InChI is InChI=1S/C16H18F4N2O/c17-13-11(3-1-4-12(13)16(18,19)20)9-22-8-6-15(10-22)5-2-7-21-14(15)23/h1,3-4H,2,5-10H2,(H,21,23). The zero-order valence-electron chi connectivity index (χ0n) is 12.5. The highest BCUT2D eigenvalue weighted by Crippen LogP contribution is 2.38. The summed E-state index contributed by atoms with van der Waals surface area (Å²) in [6.07, 6.45) is -2.35. The van der Waals surface area contributed by atoms with E-state index in [2.05, 4.69) is 5.32 Å². The van der Waals surface area contributed by atoms with Crippen molar-refractivity contribution in [2.75, 3.05) is 19.6 Å². The lowest BCUT2D eigenvalue weighted by molar-refractivity contribution is -0.140. The molecule has 2 saturated heterocycles. The summed E-state index contributed by atoms with van der Waals surface area (Å²) in [6.45, 7) is 1.81. The van der Waals surface area contributed by atoms with E-state index in [1.807, 2.05) is 4.90 Å². The van der Waals surface area contributed by atoms with Gasteiger partial charge in [0.2, 0.25) is 5.91 Å². The van der Waals surface area contributed by atoms with Gasteiger partial charge in [-0.15, -0.1) is 0 Å². The van der Waals surface area contributed by atoms with Crippen molar-refractivity contribution in [1.29, 1.82) is 0 Å². The summed E-state index contributed by atoms with van der Waals surface area (Å²) in [4.78, 5) is 14.0. The first-order chi connectivity index (χ1) is 10.8. The third-order valence-corrected chi connectivity index (χ3v) is 4.81. The van der Waals surface area contributed by atoms with Crippen molar-refractivity contribution in [2.24, 2.45) is 5.41 Å². The largest absolute Gasteiger partial charge is 0.419 e. The molecule has 0 aromatic heterocycles. The highest BCUT2D eigenvalue weighted by atomic mass is 19.4. The SMILES string of the molecule is O=C1NCCCC12CCN(Cc1cccc(C(F)(F)F)c1F)C2. The van der Waals surface area contributed by atoms with Gasteiger partial charge in [-0.1, -0.05) is 12.1 Å². The molecule has 1 spiro atoms. The van der Waals surface area contributed by atoms with Crippen molar-refractivity contribution >= 4 is 5.91 Å². The molecule has 1 aromatic carbocycles. The summed E-state index contributed by atoms with van der Waals surface area (Å²) in [6, 6.07) is 3.34. The Morgan fingerprint density at radius 2 is 2.04 bits per heavy atom. The molecule has 2 aliphatic rings. The minimum atomic E-state index is -4.70. The number of carbonyl (C=O) groups excluding carboxylic acids is 1. The number of hydrogen-bond donors (Lipinski definition) is 1. The number of nitrogens with zero attached hydrogens (tertiary/aromatic N) is 1. The van der Waals surface area contributed by atoms with Crippen LogP contribution in [0.25, 0.3) is 0 Å². The predicted octanol–water partition coefficient (Wildman–Crippen LogP) is 2.95. The Balaban J connectivity index is 1.75. The van der Waals surface area contributed by atoms with Gasteiger partial charge in [-0.25, -0.2) is 4.39 Å². The van der Waals surface area contributed by atoms with Gasteiger partial charge in [0.15, 0.2) is 0 Å². The van der Waals surface area contributed by atoms with Crippen molar-refractivity contribution in [3.05, 3.63) is 35.1 Å². The van der Waals surface area contributed by atoms with E-state index in [0.717, 1.165) is 18.9 Å². The van der Waals surface area contributed by atoms with Crippen LogP contribution in [-0.2, 0) is 17.5 Å². The molecule has 3 rings (SSSR count). The molecule has 1 N–H and O–H groups in total. The second-order valence-electron chi connectivity index (χ2n) is 6.38. The third kappa shape index (κ3) is 3.06. The molecule has 1 unspecified atom stereocenters. The molecule has 23 heavy (non-hydrogen) atoms. The zero-order chi connectivity index (χ0) is 16.7. The fraction of sp³-hybridized carbons (Fsp3) is 0.562. The fourth-order valence-electron chi connectivity index (χ4n) is 3.57. The van der Waals surface area contributed by atoms with Gasteiger partial charge in [0.05, 0.1) is 11.0 Å². The van der Waals surface area contributed by atoms with Crippen LogP contribution < -0.4 is 5.32 Å². The van der Waals surface area contributed by atoms with Gasteiger partial charge in [0.25, 0.3) is 0 Å². The number of nitrogens with one attached hydrogen (secondary N) is 1. The van der Waals surface area contributed by atoms with Gasteiger partial charge in [-0.2, -0.15) is 13.2 Å². The highest BCUT2D eigenvalue weighted by Gasteiger charge is 2.45. The molecule has 2 aliphatic heterocycles. The number of carbonyl (C=O) groups is 1. The topological polar surface area (TPSA) is 32.3 Å². The van der Waals surface area contributed by atoms with Crippen LogP contribution in [0.5, 0.6) is 0 Å². The maximum atomic E-state index is 14.1. The first kappa shape index (κ1) is 16.2. The second kappa shape index (κ2) is 5.78. The average molecular weight is 330 g/mol. The third-order valence-electron chi connectivity index (χ3n) is 4.81. The minimum Gasteiger partial charge on any atom is -0.356 e. The lowest BCUT2D eigenvalue weighted by atomic mass is 9.79. The smallest absolute Gasteiger partial charge is 0.356 e. The van der Waals surface area contributed by atoms with Crippen LogP contribution in [0.1, 0.15) is 30.4 Å². The molecule has 126 valence electrons. The summed E-state index contributed by atoms with van der Waals surface area (Å²) in [5.74, 6) is -1.20. The van der Waals surface area contributed by atoms with E-state index in [-0.39, 0.29) is 18.0 Å². The van der Waals surface area contributed by atoms with E-state index in [4.69, 9.17) is 0 Å². The first-order valence-electron chi connectivity index (χ1n) is 7.67. The number of piperidine rings is 1. The van der Waals surface area contributed by atoms with Crippen LogP contribution in [-0.4, -0.2) is 30.4 Å². The Bertz CT molecular complexity index is 617. The molecule has 1 aromatic rings. The normalized spacial score (nSPS) is 25.8. The number of halogens is 4. The lowest BCUT2D eigenvalue weighted by Gasteiger charge is -2.32. The summed E-state index contributed by atoms with van der Waals surface area (Å²) < 4.78 is 52.4. The van der Waals surface area contributed by atoms with Crippen molar-refractivity contribution < 1.29 is 22.4 Å². The Hall–Kier alpha value is -1.63. The molecule has 0 bridgehead atoms. The Morgan fingerprint density at radius 3 is 2.74 bits per heavy atom. The Labute approximate surface area is 131 Å². The summed E-state index contributed by atoms with van der Waals surface area (Å²) in [5, 5.41) is 2.85. The highest BCUT2D eigenvalue weighted by molar-refractivity contribution is 5.84. The van der Waals surface area contributed by atoms with E-state index in [1.54, 1.807) is 0 Å². The van der Waals surface area contributed by atoms with Gasteiger partial charge < -0.3 is 5.32 Å². The van der Waals surface area contributed by atoms with Crippen LogP contribution in [0.15, 0.2) is 18.2 Å². The monoisotopic (exact) mass is 330 g/mol. The number of rotatable bonds is 2. The van der Waals surface area contributed by atoms with Crippen LogP contribution in [0.2, 0.25) is 0 Å². The molecule has 0 aliphatic carbocycles. The van der Waals surface area contributed by atoms with Crippen molar-refractivity contribution in [2.45, 2.75) is 32.0 Å². The fourth-order valence-corrected chi connectivity index (χ4v) is 3.57. The number of amides is 1. The summed E-state index contributed by atoms with van der Waals surface area (Å²) in [5.41, 5.74) is -1.68. The zero-order valence-corrected chi connectivity index (χ0v) is 12.5. The van der Waals surface area contributed by atoms with Gasteiger partial charge in [0, 0.05) is 25.2 Å². The van der Waals surface area contributed by atoms with Crippen molar-refractivity contribution in [1.82, 2.24) is 10.2 Å². The van der Waals surface area contributed by atoms with Crippen molar-refractivity contribution in [3.63, 3.8) is 0 Å². The Morgan fingerprint density at radius 1 is 1.26 bits per heavy atom. The number of hydrogen-bond acceptors (Lipinski definition) is 2. The molecule has 1 amide bonds. The maximum absolute atomic E-state index is 14.1. The molecular weight excluding hydrogens is 312 g/mol. The van der Waals surface area contributed by atoms with Crippen molar-refractivity contribution in [3.8, 4) is 0 Å². The van der Waals surface area contributed by atoms with Crippen LogP contribution in [0.4, 0.5) is 17.6 Å². The van der Waals surface area contributed by atoms with Gasteiger partial charge in [0.1, 0.15) is 5.82 Å². The van der Waals surface area contributed by atoms with E-state index >= 15 is 0 Å². The van der Waals surface area contributed by atoms with E-state index in [0.29, 0.717) is 26.1 Å². The molecule has 2 heterocycles. The molecular formula is C16H18F4N2O. The predicted molar refractivity (Wildman–Crippen MR) is 76.0 cm³/mol. The van der Waals surface area contributed by atoms with Crippen LogP contribution in [0, 0.1) is 11.2 Å². The number of likely N-dealkylation sites (tertiary alicyclic amines) is 1. The van der Waals surface area contributed by atoms with E-state index in [9.17, 15) is 22.4 Å². The van der Waals surface area contributed by atoms with Crippen LogP contribution in [0.3, 0.4) is 0 Å². The first-order valence-corrected chi connectivity index (χ1v) is 7.67. The quantitative estimate of drug-likeness (QED) is 0.846. The molecule has 7 heteroatoms. The molecule has 0 radical (unpaired) electrons. The van der Waals surface area contributed by atoms with E-state index < -0.39 is 23.0 Å². The molecule has 3 nitrogen and oxygen atoms in total. The molecule has 2 fully saturated rings. The van der Waals surface area contributed by atoms with Gasteiger partial charge in [-0.05, 0) is 31.9 Å². The minimum absolute atomic E-state index is 0.00997. The van der Waals surface area contributed by atoms with Gasteiger partial charge in [-0.3, -0.25) is 9.69 Å². The van der Waals surface area contributed by atoms with Gasteiger partial charge >= 0.3 is 6.18 Å². The van der Waals surface area contributed by atoms with E-state index in [1.165, 1.54) is 12.1 Å². The Kier molecular flexibility index (Phi) is 4.08. The van der Waals surface area contributed by atoms with Crippen LogP contribution >= 0.6 is 0 Å². The number of alkyl halides is 3. The lowest BCUT2D eigenvalue weighted by Crippen LogP contribution is -2.47. The average Bonchev–Trinajstić information content (AvgIpc) is 2.87. The molecule has 1 atom stereocenters. The summed E-state index contributed by atoms with van der Waals surface area (Å²) >= 11 is 0.